The summed E-state index contributed by atoms with van der Waals surface area (Å²) in [7, 11) is 1.91. The van der Waals surface area contributed by atoms with E-state index in [1.807, 2.05) is 84.4 Å². The van der Waals surface area contributed by atoms with Gasteiger partial charge in [0, 0.05) is 37.0 Å². The van der Waals surface area contributed by atoms with Gasteiger partial charge >= 0.3 is 0 Å². The standard InChI is InChI=1S/C27H33N3O3/c1-4-33-26-9-6-5-8-24(26)18-30(15-7-14-28)27(32)19-29(3)25-13-12-22-16-21(20(2)31)10-11-23(22)17-25/h5-6,8-13,16-17H,4,7,14-15,18-19,28H2,1-3H3. The lowest BCUT2D eigenvalue weighted by atomic mass is 10.0. The number of amides is 1. The predicted octanol–water partition coefficient (Wildman–Crippen LogP) is 4.25. The van der Waals surface area contributed by atoms with E-state index in [-0.39, 0.29) is 18.2 Å². The fourth-order valence-electron chi connectivity index (χ4n) is 3.79. The van der Waals surface area contributed by atoms with Crippen molar-refractivity contribution in [2.45, 2.75) is 26.8 Å². The number of hydrogen-bond acceptors (Lipinski definition) is 5. The molecule has 0 unspecified atom stereocenters. The molecule has 0 spiro atoms. The van der Waals surface area contributed by atoms with E-state index in [1.165, 1.54) is 0 Å². The highest BCUT2D eigenvalue weighted by Crippen LogP contribution is 2.24. The van der Waals surface area contributed by atoms with Gasteiger partial charge in [0.2, 0.25) is 5.91 Å². The first-order valence-electron chi connectivity index (χ1n) is 11.4. The van der Waals surface area contributed by atoms with Gasteiger partial charge in [-0.15, -0.1) is 0 Å². The number of para-hydroxylation sites is 1. The molecule has 6 heteroatoms. The van der Waals surface area contributed by atoms with E-state index < -0.39 is 0 Å². The van der Waals surface area contributed by atoms with Crippen LogP contribution in [0.3, 0.4) is 0 Å². The van der Waals surface area contributed by atoms with Gasteiger partial charge in [-0.3, -0.25) is 9.59 Å². The molecule has 0 aliphatic heterocycles. The second kappa shape index (κ2) is 11.5. The number of likely N-dealkylation sites (N-methyl/N-ethyl adjacent to an activating group) is 1. The summed E-state index contributed by atoms with van der Waals surface area (Å²) in [6.45, 7) is 5.94. The zero-order chi connectivity index (χ0) is 23.8. The molecule has 0 aromatic heterocycles. The van der Waals surface area contributed by atoms with E-state index >= 15 is 0 Å². The number of benzene rings is 3. The second-order valence-electron chi connectivity index (χ2n) is 8.16. The van der Waals surface area contributed by atoms with Crippen molar-refractivity contribution in [3.8, 4) is 5.75 Å². The van der Waals surface area contributed by atoms with Gasteiger partial charge in [-0.05, 0) is 61.9 Å². The Balaban J connectivity index is 1.75. The summed E-state index contributed by atoms with van der Waals surface area (Å²) < 4.78 is 5.74. The van der Waals surface area contributed by atoms with Crippen LogP contribution in [0.5, 0.6) is 5.75 Å². The largest absolute Gasteiger partial charge is 0.494 e. The fraction of sp³-hybridized carbons (Fsp3) is 0.333. The third-order valence-corrected chi connectivity index (χ3v) is 5.66. The highest BCUT2D eigenvalue weighted by molar-refractivity contribution is 5.99. The zero-order valence-corrected chi connectivity index (χ0v) is 19.7. The molecule has 0 heterocycles. The summed E-state index contributed by atoms with van der Waals surface area (Å²) >= 11 is 0. The summed E-state index contributed by atoms with van der Waals surface area (Å²) in [6.07, 6.45) is 0.737. The lowest BCUT2D eigenvalue weighted by Gasteiger charge is -2.27. The minimum Gasteiger partial charge on any atom is -0.494 e. The van der Waals surface area contributed by atoms with Crippen molar-refractivity contribution in [2.75, 3.05) is 38.2 Å². The number of ether oxygens (including phenoxy) is 1. The number of anilines is 1. The van der Waals surface area contributed by atoms with Gasteiger partial charge in [-0.25, -0.2) is 0 Å². The van der Waals surface area contributed by atoms with Crippen LogP contribution in [0.15, 0.2) is 60.7 Å². The lowest BCUT2D eigenvalue weighted by Crippen LogP contribution is -2.39. The van der Waals surface area contributed by atoms with E-state index in [0.717, 1.165) is 34.2 Å². The number of nitrogens with two attached hydrogens (primary N) is 1. The van der Waals surface area contributed by atoms with Gasteiger partial charge in [0.25, 0.3) is 0 Å². The first-order chi connectivity index (χ1) is 15.9. The summed E-state index contributed by atoms with van der Waals surface area (Å²) in [5.41, 5.74) is 8.35. The van der Waals surface area contributed by atoms with Crippen molar-refractivity contribution < 1.29 is 14.3 Å². The van der Waals surface area contributed by atoms with Gasteiger partial charge in [0.05, 0.1) is 13.2 Å². The first kappa shape index (κ1) is 24.3. The number of nitrogens with zero attached hydrogens (tertiary/aromatic N) is 2. The summed E-state index contributed by atoms with van der Waals surface area (Å²) in [4.78, 5) is 28.7. The molecule has 3 aromatic rings. The van der Waals surface area contributed by atoms with Crippen LogP contribution < -0.4 is 15.4 Å². The molecule has 0 atom stereocenters. The molecular weight excluding hydrogens is 414 g/mol. The van der Waals surface area contributed by atoms with Crippen LogP contribution in [-0.4, -0.2) is 49.9 Å². The molecule has 0 bridgehead atoms. The number of Topliss-reactive ketones (excluding diaryl/α,β-unsaturated/α-hetero) is 1. The van der Waals surface area contributed by atoms with E-state index in [9.17, 15) is 9.59 Å². The summed E-state index contributed by atoms with van der Waals surface area (Å²) in [5.74, 6) is 0.884. The molecule has 1 amide bonds. The van der Waals surface area contributed by atoms with Crippen LogP contribution in [0.1, 0.15) is 36.2 Å². The van der Waals surface area contributed by atoms with Crippen molar-refractivity contribution in [1.82, 2.24) is 4.90 Å². The Kier molecular flexibility index (Phi) is 8.44. The number of hydrogen-bond donors (Lipinski definition) is 1. The molecular formula is C27H33N3O3. The second-order valence-corrected chi connectivity index (χ2v) is 8.16. The molecule has 6 nitrogen and oxygen atoms in total. The van der Waals surface area contributed by atoms with E-state index in [4.69, 9.17) is 10.5 Å². The van der Waals surface area contributed by atoms with Gasteiger partial charge in [-0.2, -0.15) is 0 Å². The zero-order valence-electron chi connectivity index (χ0n) is 19.7. The van der Waals surface area contributed by atoms with Gasteiger partial charge < -0.3 is 20.3 Å². The highest BCUT2D eigenvalue weighted by atomic mass is 16.5. The van der Waals surface area contributed by atoms with E-state index in [0.29, 0.717) is 31.8 Å². The number of rotatable bonds is 11. The van der Waals surface area contributed by atoms with Crippen LogP contribution in [0.25, 0.3) is 10.8 Å². The molecule has 0 saturated carbocycles. The predicted molar refractivity (Wildman–Crippen MR) is 134 cm³/mol. The van der Waals surface area contributed by atoms with Gasteiger partial charge in [0.15, 0.2) is 5.78 Å². The van der Waals surface area contributed by atoms with E-state index in [1.54, 1.807) is 6.92 Å². The Bertz CT molecular complexity index is 1110. The number of fused-ring (bicyclic) bond motifs is 1. The lowest BCUT2D eigenvalue weighted by molar-refractivity contribution is -0.130. The monoisotopic (exact) mass is 447 g/mol. The SMILES string of the molecule is CCOc1ccccc1CN(CCCN)C(=O)CN(C)c1ccc2cc(C(C)=O)ccc2c1. The molecule has 0 saturated heterocycles. The molecule has 33 heavy (non-hydrogen) atoms. The summed E-state index contributed by atoms with van der Waals surface area (Å²) in [6, 6.07) is 19.5. The van der Waals surface area contributed by atoms with Crippen LogP contribution in [0.2, 0.25) is 0 Å². The first-order valence-corrected chi connectivity index (χ1v) is 11.4. The number of carbonyl (C=O) groups excluding carboxylic acids is 2. The summed E-state index contributed by atoms with van der Waals surface area (Å²) in [5, 5.41) is 2.03. The Morgan fingerprint density at radius 1 is 1.00 bits per heavy atom. The highest BCUT2D eigenvalue weighted by Gasteiger charge is 2.18. The van der Waals surface area contributed by atoms with Crippen LogP contribution in [-0.2, 0) is 11.3 Å². The molecule has 3 rings (SSSR count). The van der Waals surface area contributed by atoms with E-state index in [2.05, 4.69) is 0 Å². The van der Waals surface area contributed by atoms with Crippen molar-refractivity contribution in [3.63, 3.8) is 0 Å². The quantitative estimate of drug-likeness (QED) is 0.445. The third-order valence-electron chi connectivity index (χ3n) is 5.66. The fourth-order valence-corrected chi connectivity index (χ4v) is 3.79. The molecule has 2 N–H and O–H groups in total. The maximum Gasteiger partial charge on any atom is 0.242 e. The van der Waals surface area contributed by atoms with Gasteiger partial charge in [0.1, 0.15) is 5.75 Å². The van der Waals surface area contributed by atoms with Crippen LogP contribution in [0, 0.1) is 0 Å². The maximum atomic E-state index is 13.3. The average molecular weight is 448 g/mol. The Morgan fingerprint density at radius 2 is 1.73 bits per heavy atom. The Labute approximate surface area is 195 Å². The van der Waals surface area contributed by atoms with Crippen molar-refractivity contribution in [2.24, 2.45) is 5.73 Å². The maximum absolute atomic E-state index is 13.3. The van der Waals surface area contributed by atoms with Gasteiger partial charge in [-0.1, -0.05) is 36.4 Å². The smallest absolute Gasteiger partial charge is 0.242 e. The average Bonchev–Trinajstić information content (AvgIpc) is 2.82. The normalized spacial score (nSPS) is 10.8. The van der Waals surface area contributed by atoms with Crippen molar-refractivity contribution in [1.29, 1.82) is 0 Å². The molecule has 0 aliphatic rings. The Morgan fingerprint density at radius 3 is 2.45 bits per heavy atom. The molecule has 0 fully saturated rings. The number of carbonyl (C=O) groups is 2. The number of ketones is 1. The Hall–Kier alpha value is -3.38. The topological polar surface area (TPSA) is 75.9 Å². The minimum atomic E-state index is 0.0317. The molecule has 0 radical (unpaired) electrons. The molecule has 0 aliphatic carbocycles. The minimum absolute atomic E-state index is 0.0317. The van der Waals surface area contributed by atoms with Crippen molar-refractivity contribution in [3.05, 3.63) is 71.8 Å². The van der Waals surface area contributed by atoms with Crippen LogP contribution >= 0.6 is 0 Å². The molecule has 174 valence electrons. The van der Waals surface area contributed by atoms with Crippen LogP contribution in [0.4, 0.5) is 5.69 Å². The third kappa shape index (κ3) is 6.33. The molecule has 3 aromatic carbocycles. The van der Waals surface area contributed by atoms with Crippen molar-refractivity contribution >= 4 is 28.2 Å².